The fraction of sp³-hybridized carbons (Fsp3) is 0.176. The number of ether oxygens (including phenoxy) is 1. The number of benzene rings is 2. The van der Waals surface area contributed by atoms with Gasteiger partial charge in [-0.25, -0.2) is 0 Å². The summed E-state index contributed by atoms with van der Waals surface area (Å²) in [7, 11) is 0. The summed E-state index contributed by atoms with van der Waals surface area (Å²) in [6, 6.07) is 15.7. The van der Waals surface area contributed by atoms with Crippen molar-refractivity contribution in [2.45, 2.75) is 13.8 Å². The maximum Gasteiger partial charge on any atom is 0.258 e. The van der Waals surface area contributed by atoms with Gasteiger partial charge in [-0.15, -0.1) is 0 Å². The van der Waals surface area contributed by atoms with Gasteiger partial charge < -0.3 is 9.26 Å². The van der Waals surface area contributed by atoms with Gasteiger partial charge in [0.15, 0.2) is 0 Å². The van der Waals surface area contributed by atoms with Crippen LogP contribution >= 0.6 is 0 Å². The number of hydrogen-bond donors (Lipinski definition) is 0. The molecule has 1 heterocycles. The van der Waals surface area contributed by atoms with Gasteiger partial charge in [0.05, 0.1) is 6.61 Å². The van der Waals surface area contributed by atoms with Crippen molar-refractivity contribution in [3.05, 3.63) is 54.1 Å². The Hall–Kier alpha value is -2.62. The van der Waals surface area contributed by atoms with Gasteiger partial charge >= 0.3 is 0 Å². The molecule has 0 aliphatic rings. The van der Waals surface area contributed by atoms with Crippen LogP contribution in [0.25, 0.3) is 22.8 Å². The molecule has 4 heteroatoms. The zero-order valence-corrected chi connectivity index (χ0v) is 12.0. The fourth-order valence-corrected chi connectivity index (χ4v) is 2.10. The molecule has 0 bridgehead atoms. The molecule has 3 rings (SSSR count). The van der Waals surface area contributed by atoms with Crippen molar-refractivity contribution in [3.63, 3.8) is 0 Å². The summed E-state index contributed by atoms with van der Waals surface area (Å²) in [6.07, 6.45) is 0. The summed E-state index contributed by atoms with van der Waals surface area (Å²) in [5, 5.41) is 4.05. The van der Waals surface area contributed by atoms with Crippen LogP contribution in [0, 0.1) is 6.92 Å². The molecule has 0 aliphatic heterocycles. The lowest BCUT2D eigenvalue weighted by atomic mass is 10.1. The molecule has 0 atom stereocenters. The molecule has 0 aliphatic carbocycles. The molecule has 0 unspecified atom stereocenters. The molecule has 4 nitrogen and oxygen atoms in total. The van der Waals surface area contributed by atoms with Crippen molar-refractivity contribution in [2.24, 2.45) is 0 Å². The van der Waals surface area contributed by atoms with E-state index in [9.17, 15) is 0 Å². The summed E-state index contributed by atoms with van der Waals surface area (Å²) < 4.78 is 10.8. The molecular weight excluding hydrogens is 264 g/mol. The van der Waals surface area contributed by atoms with Gasteiger partial charge in [0.2, 0.25) is 5.82 Å². The molecule has 21 heavy (non-hydrogen) atoms. The lowest BCUT2D eigenvalue weighted by Gasteiger charge is -2.02. The van der Waals surface area contributed by atoms with E-state index in [4.69, 9.17) is 9.26 Å². The van der Waals surface area contributed by atoms with Crippen molar-refractivity contribution in [1.82, 2.24) is 10.1 Å². The van der Waals surface area contributed by atoms with Crippen LogP contribution in [-0.2, 0) is 0 Å². The molecule has 0 saturated carbocycles. The average molecular weight is 280 g/mol. The molecule has 2 aromatic carbocycles. The number of aryl methyl sites for hydroxylation is 1. The number of rotatable bonds is 4. The van der Waals surface area contributed by atoms with Crippen molar-refractivity contribution in [1.29, 1.82) is 0 Å². The predicted octanol–water partition coefficient (Wildman–Crippen LogP) is 4.11. The molecule has 0 amide bonds. The van der Waals surface area contributed by atoms with E-state index in [1.54, 1.807) is 0 Å². The van der Waals surface area contributed by atoms with E-state index in [1.165, 1.54) is 5.56 Å². The average Bonchev–Trinajstić information content (AvgIpc) is 2.98. The van der Waals surface area contributed by atoms with Crippen LogP contribution in [0.2, 0.25) is 0 Å². The SMILES string of the molecule is CCOc1ccc(-c2nc(-c3cccc(C)c3)no2)cc1. The van der Waals surface area contributed by atoms with E-state index >= 15 is 0 Å². The Morgan fingerprint density at radius 1 is 1.05 bits per heavy atom. The van der Waals surface area contributed by atoms with Crippen molar-refractivity contribution in [2.75, 3.05) is 6.61 Å². The highest BCUT2D eigenvalue weighted by atomic mass is 16.5. The molecule has 0 saturated heterocycles. The zero-order chi connectivity index (χ0) is 14.7. The van der Waals surface area contributed by atoms with Gasteiger partial charge in [-0.3, -0.25) is 0 Å². The van der Waals surface area contributed by atoms with Crippen molar-refractivity contribution in [3.8, 4) is 28.6 Å². The first kappa shape index (κ1) is 13.4. The largest absolute Gasteiger partial charge is 0.494 e. The minimum atomic E-state index is 0.509. The number of aromatic nitrogens is 2. The third-order valence-corrected chi connectivity index (χ3v) is 3.11. The maximum atomic E-state index is 5.42. The van der Waals surface area contributed by atoms with Crippen LogP contribution in [0.1, 0.15) is 12.5 Å². The van der Waals surface area contributed by atoms with Crippen LogP contribution in [0.15, 0.2) is 53.1 Å². The first-order valence-corrected chi connectivity index (χ1v) is 6.90. The van der Waals surface area contributed by atoms with Crippen molar-refractivity contribution < 1.29 is 9.26 Å². The highest BCUT2D eigenvalue weighted by Crippen LogP contribution is 2.24. The highest BCUT2D eigenvalue weighted by Gasteiger charge is 2.10. The Kier molecular flexibility index (Phi) is 3.69. The van der Waals surface area contributed by atoms with E-state index < -0.39 is 0 Å². The van der Waals surface area contributed by atoms with Gasteiger partial charge in [0.25, 0.3) is 5.89 Å². The molecule has 0 spiro atoms. The second kappa shape index (κ2) is 5.79. The maximum absolute atomic E-state index is 5.42. The smallest absolute Gasteiger partial charge is 0.258 e. The van der Waals surface area contributed by atoms with E-state index in [0.717, 1.165) is 16.9 Å². The lowest BCUT2D eigenvalue weighted by Crippen LogP contribution is -1.90. The van der Waals surface area contributed by atoms with E-state index in [2.05, 4.69) is 10.1 Å². The molecule has 0 radical (unpaired) electrons. The third-order valence-electron chi connectivity index (χ3n) is 3.11. The Morgan fingerprint density at radius 3 is 2.57 bits per heavy atom. The van der Waals surface area contributed by atoms with Gasteiger partial charge in [0, 0.05) is 11.1 Å². The molecule has 1 aromatic heterocycles. The van der Waals surface area contributed by atoms with Crippen LogP contribution in [0.3, 0.4) is 0 Å². The van der Waals surface area contributed by atoms with Gasteiger partial charge in [-0.2, -0.15) is 4.98 Å². The van der Waals surface area contributed by atoms with Crippen LogP contribution in [-0.4, -0.2) is 16.7 Å². The quantitative estimate of drug-likeness (QED) is 0.721. The first-order valence-electron chi connectivity index (χ1n) is 6.90. The van der Waals surface area contributed by atoms with Gasteiger partial charge in [0.1, 0.15) is 5.75 Å². The second-order valence-corrected chi connectivity index (χ2v) is 4.75. The summed E-state index contributed by atoms with van der Waals surface area (Å²) in [5.74, 6) is 1.94. The number of nitrogens with zero attached hydrogens (tertiary/aromatic N) is 2. The zero-order valence-electron chi connectivity index (χ0n) is 12.0. The van der Waals surface area contributed by atoms with Crippen LogP contribution < -0.4 is 4.74 Å². The number of hydrogen-bond acceptors (Lipinski definition) is 4. The normalized spacial score (nSPS) is 10.6. The Labute approximate surface area is 123 Å². The summed E-state index contributed by atoms with van der Waals surface area (Å²) in [4.78, 5) is 4.45. The van der Waals surface area contributed by atoms with E-state index in [1.807, 2.05) is 62.4 Å². The summed E-state index contributed by atoms with van der Waals surface area (Å²) in [6.45, 7) is 4.65. The summed E-state index contributed by atoms with van der Waals surface area (Å²) >= 11 is 0. The Balaban J connectivity index is 1.87. The van der Waals surface area contributed by atoms with Crippen LogP contribution in [0.4, 0.5) is 0 Å². The van der Waals surface area contributed by atoms with E-state index in [0.29, 0.717) is 18.3 Å². The minimum Gasteiger partial charge on any atom is -0.494 e. The predicted molar refractivity (Wildman–Crippen MR) is 81.1 cm³/mol. The Morgan fingerprint density at radius 2 is 1.86 bits per heavy atom. The molecule has 106 valence electrons. The van der Waals surface area contributed by atoms with Gasteiger partial charge in [-0.1, -0.05) is 28.9 Å². The molecule has 0 N–H and O–H groups in total. The standard InChI is InChI=1S/C17H16N2O2/c1-3-20-15-9-7-13(8-10-15)17-18-16(19-21-17)14-6-4-5-12(2)11-14/h4-11H,3H2,1-2H3. The minimum absolute atomic E-state index is 0.509. The molecule has 0 fully saturated rings. The van der Waals surface area contributed by atoms with E-state index in [-0.39, 0.29) is 0 Å². The Bertz CT molecular complexity index is 733. The third kappa shape index (κ3) is 2.94. The second-order valence-electron chi connectivity index (χ2n) is 4.75. The molecule has 3 aromatic rings. The summed E-state index contributed by atoms with van der Waals surface area (Å²) in [5.41, 5.74) is 3.00. The molecular formula is C17H16N2O2. The monoisotopic (exact) mass is 280 g/mol. The van der Waals surface area contributed by atoms with Gasteiger partial charge in [-0.05, 0) is 44.2 Å². The first-order chi connectivity index (χ1) is 10.3. The topological polar surface area (TPSA) is 48.2 Å². The fourth-order valence-electron chi connectivity index (χ4n) is 2.10. The highest BCUT2D eigenvalue weighted by molar-refractivity contribution is 5.60. The lowest BCUT2D eigenvalue weighted by molar-refractivity contribution is 0.340. The van der Waals surface area contributed by atoms with Crippen LogP contribution in [0.5, 0.6) is 5.75 Å². The van der Waals surface area contributed by atoms with Crippen molar-refractivity contribution >= 4 is 0 Å².